The number of H-pyrrole nitrogens is 1. The molecule has 10 heteroatoms. The summed E-state index contributed by atoms with van der Waals surface area (Å²) in [7, 11) is 0. The Hall–Kier alpha value is -3.44. The molecule has 10 nitrogen and oxygen atoms in total. The van der Waals surface area contributed by atoms with Crippen molar-refractivity contribution in [2.75, 3.05) is 6.61 Å². The molecule has 0 bridgehead atoms. The maximum Gasteiger partial charge on any atom is 0.330 e. The molecule has 0 radical (unpaired) electrons. The van der Waals surface area contributed by atoms with Crippen LogP contribution in [0.25, 0.3) is 0 Å². The summed E-state index contributed by atoms with van der Waals surface area (Å²) in [4.78, 5) is 25.6. The van der Waals surface area contributed by atoms with E-state index in [2.05, 4.69) is 15.2 Å². The quantitative estimate of drug-likeness (QED) is 0.481. The van der Waals surface area contributed by atoms with Crippen LogP contribution >= 0.6 is 0 Å². The molecule has 1 aliphatic heterocycles. The zero-order valence-corrected chi connectivity index (χ0v) is 16.9. The predicted molar refractivity (Wildman–Crippen MR) is 114 cm³/mol. The highest BCUT2D eigenvalue weighted by molar-refractivity contribution is 5.40. The van der Waals surface area contributed by atoms with E-state index < -0.39 is 42.4 Å². The Morgan fingerprint density at radius 3 is 2.34 bits per heavy atom. The minimum atomic E-state index is -1.16. The lowest BCUT2D eigenvalue weighted by molar-refractivity contribution is -0.0797. The first kappa shape index (κ1) is 21.8. The van der Waals surface area contributed by atoms with Crippen molar-refractivity contribution in [2.24, 2.45) is 10.2 Å². The first-order valence-corrected chi connectivity index (χ1v) is 9.98. The Balaban J connectivity index is 1.45. The van der Waals surface area contributed by atoms with Crippen molar-refractivity contribution in [3.63, 3.8) is 0 Å². The van der Waals surface area contributed by atoms with E-state index in [-0.39, 0.29) is 6.61 Å². The second-order valence-electron chi connectivity index (χ2n) is 7.23. The topological polar surface area (TPSA) is 138 Å². The summed E-state index contributed by atoms with van der Waals surface area (Å²) in [5.41, 5.74) is 0.966. The lowest BCUT2D eigenvalue weighted by Gasteiger charge is -2.22. The summed E-state index contributed by atoms with van der Waals surface area (Å²) >= 11 is 0. The van der Waals surface area contributed by atoms with Crippen LogP contribution in [0.4, 0.5) is 11.4 Å². The van der Waals surface area contributed by atoms with Crippen molar-refractivity contribution in [1.82, 2.24) is 9.55 Å². The van der Waals surface area contributed by atoms with Crippen LogP contribution in [-0.2, 0) is 16.1 Å². The molecule has 2 aromatic carbocycles. The summed E-state index contributed by atoms with van der Waals surface area (Å²) in [6, 6.07) is 17.7. The number of hydrogen-bond donors (Lipinski definition) is 3. The molecule has 166 valence electrons. The molecule has 2 heterocycles. The first-order chi connectivity index (χ1) is 15.5. The monoisotopic (exact) mass is 438 g/mol. The van der Waals surface area contributed by atoms with Crippen molar-refractivity contribution in [3.05, 3.63) is 93.3 Å². The van der Waals surface area contributed by atoms with Gasteiger partial charge >= 0.3 is 5.69 Å². The highest BCUT2D eigenvalue weighted by atomic mass is 16.6. The maximum absolute atomic E-state index is 12.2. The van der Waals surface area contributed by atoms with Gasteiger partial charge in [0.25, 0.3) is 5.56 Å². The van der Waals surface area contributed by atoms with Crippen LogP contribution in [-0.4, -0.2) is 44.7 Å². The first-order valence-electron chi connectivity index (χ1n) is 9.98. The minimum Gasteiger partial charge on any atom is -0.394 e. The SMILES string of the molecule is O=c1ccn([C@@H]2O[C@H](CO)[C@@H](O)[C@H]2OCc2ccc(N=Nc3ccccc3)cc2)c(=O)[nH]1. The molecule has 3 N–H and O–H groups in total. The fourth-order valence-corrected chi connectivity index (χ4v) is 3.36. The van der Waals surface area contributed by atoms with Crippen molar-refractivity contribution < 1.29 is 19.7 Å². The van der Waals surface area contributed by atoms with E-state index in [0.29, 0.717) is 5.69 Å². The number of aromatic amines is 1. The Morgan fingerprint density at radius 2 is 1.69 bits per heavy atom. The van der Waals surface area contributed by atoms with Gasteiger partial charge in [0.15, 0.2) is 6.23 Å². The van der Waals surface area contributed by atoms with Crippen LogP contribution in [0.2, 0.25) is 0 Å². The van der Waals surface area contributed by atoms with E-state index >= 15 is 0 Å². The molecule has 1 aliphatic rings. The van der Waals surface area contributed by atoms with Crippen molar-refractivity contribution >= 4 is 11.4 Å². The number of azo groups is 1. The standard InChI is InChI=1S/C22H22N4O6/c27-12-17-19(29)20(21(32-17)26-11-10-18(28)23-22(26)30)31-13-14-6-8-16(9-7-14)25-24-15-4-2-1-3-5-15/h1-11,17,19-21,27,29H,12-13H2,(H,23,28,30)/t17-,19-,20-,21-/m1/s1. The number of ether oxygens (including phenoxy) is 2. The largest absolute Gasteiger partial charge is 0.394 e. The Bertz CT molecular complexity index is 1180. The van der Waals surface area contributed by atoms with Gasteiger partial charge in [-0.25, -0.2) is 4.79 Å². The van der Waals surface area contributed by atoms with Gasteiger partial charge in [0.05, 0.1) is 24.6 Å². The summed E-state index contributed by atoms with van der Waals surface area (Å²) < 4.78 is 12.6. The third kappa shape index (κ3) is 4.89. The number of benzene rings is 2. The fraction of sp³-hybridized carbons (Fsp3) is 0.273. The van der Waals surface area contributed by atoms with Gasteiger partial charge < -0.3 is 19.7 Å². The van der Waals surface area contributed by atoms with Crippen LogP contribution in [0.1, 0.15) is 11.8 Å². The van der Waals surface area contributed by atoms with Gasteiger partial charge in [0.2, 0.25) is 0 Å². The molecule has 0 amide bonds. The molecule has 1 aromatic heterocycles. The average Bonchev–Trinajstić information content (AvgIpc) is 3.12. The fourth-order valence-electron chi connectivity index (χ4n) is 3.36. The molecule has 1 fully saturated rings. The number of aromatic nitrogens is 2. The number of nitrogens with zero attached hydrogens (tertiary/aromatic N) is 3. The third-order valence-corrected chi connectivity index (χ3v) is 5.03. The smallest absolute Gasteiger partial charge is 0.330 e. The molecule has 0 spiro atoms. The third-order valence-electron chi connectivity index (χ3n) is 5.03. The highest BCUT2D eigenvalue weighted by Crippen LogP contribution is 2.31. The van der Waals surface area contributed by atoms with Gasteiger partial charge in [-0.2, -0.15) is 10.2 Å². The summed E-state index contributed by atoms with van der Waals surface area (Å²) in [6.45, 7) is -0.329. The molecule has 0 aliphatic carbocycles. The van der Waals surface area contributed by atoms with Crippen LogP contribution < -0.4 is 11.2 Å². The van der Waals surface area contributed by atoms with Crippen molar-refractivity contribution in [3.8, 4) is 0 Å². The van der Waals surface area contributed by atoms with Gasteiger partial charge in [-0.15, -0.1) is 0 Å². The molecule has 0 unspecified atom stereocenters. The van der Waals surface area contributed by atoms with Crippen LogP contribution in [0.5, 0.6) is 0 Å². The van der Waals surface area contributed by atoms with Crippen LogP contribution in [0.15, 0.2) is 86.7 Å². The molecule has 4 atom stereocenters. The zero-order valence-electron chi connectivity index (χ0n) is 16.9. The average molecular weight is 438 g/mol. The van der Waals surface area contributed by atoms with E-state index in [1.54, 1.807) is 12.1 Å². The Kier molecular flexibility index (Phi) is 6.66. The predicted octanol–water partition coefficient (Wildman–Crippen LogP) is 1.79. The van der Waals surface area contributed by atoms with E-state index in [4.69, 9.17) is 9.47 Å². The van der Waals surface area contributed by atoms with Crippen LogP contribution in [0.3, 0.4) is 0 Å². The second kappa shape index (κ2) is 9.79. The Morgan fingerprint density at radius 1 is 1.00 bits per heavy atom. The second-order valence-corrected chi connectivity index (χ2v) is 7.23. The van der Waals surface area contributed by atoms with Gasteiger partial charge in [-0.1, -0.05) is 30.3 Å². The number of nitrogens with one attached hydrogen (secondary N) is 1. The van der Waals surface area contributed by atoms with E-state index in [1.807, 2.05) is 42.5 Å². The van der Waals surface area contributed by atoms with Crippen molar-refractivity contribution in [2.45, 2.75) is 31.1 Å². The number of rotatable bonds is 7. The van der Waals surface area contributed by atoms with Gasteiger partial charge in [-0.05, 0) is 29.8 Å². The van der Waals surface area contributed by atoms with Crippen molar-refractivity contribution in [1.29, 1.82) is 0 Å². The summed E-state index contributed by atoms with van der Waals surface area (Å²) in [5.74, 6) is 0. The molecular formula is C22H22N4O6. The highest BCUT2D eigenvalue weighted by Gasteiger charge is 2.45. The summed E-state index contributed by atoms with van der Waals surface area (Å²) in [6.07, 6.45) is -2.77. The van der Waals surface area contributed by atoms with Crippen LogP contribution in [0, 0.1) is 0 Å². The molecule has 3 aromatic rings. The van der Waals surface area contributed by atoms with E-state index in [9.17, 15) is 19.8 Å². The van der Waals surface area contributed by atoms with Gasteiger partial charge in [-0.3, -0.25) is 14.3 Å². The lowest BCUT2D eigenvalue weighted by Crippen LogP contribution is -2.39. The van der Waals surface area contributed by atoms with E-state index in [0.717, 1.165) is 15.8 Å². The molecule has 32 heavy (non-hydrogen) atoms. The number of aliphatic hydroxyl groups excluding tert-OH is 2. The Labute approximate surface area is 182 Å². The number of hydrogen-bond acceptors (Lipinski definition) is 8. The minimum absolute atomic E-state index is 0.119. The normalized spacial score (nSPS) is 23.1. The molecule has 1 saturated heterocycles. The zero-order chi connectivity index (χ0) is 22.5. The van der Waals surface area contributed by atoms with E-state index in [1.165, 1.54) is 12.3 Å². The maximum atomic E-state index is 12.2. The number of aliphatic hydroxyl groups is 2. The van der Waals surface area contributed by atoms with Gasteiger partial charge in [0.1, 0.15) is 18.3 Å². The van der Waals surface area contributed by atoms with Gasteiger partial charge in [0, 0.05) is 12.3 Å². The lowest BCUT2D eigenvalue weighted by atomic mass is 10.1. The summed E-state index contributed by atoms with van der Waals surface area (Å²) in [5, 5.41) is 28.3. The molecule has 4 rings (SSSR count). The molecular weight excluding hydrogens is 416 g/mol. The molecule has 0 saturated carbocycles.